The van der Waals surface area contributed by atoms with Crippen molar-refractivity contribution in [2.24, 2.45) is 5.41 Å². The van der Waals surface area contributed by atoms with E-state index >= 15 is 0 Å². The Morgan fingerprint density at radius 3 is 2.37 bits per heavy atom. The van der Waals surface area contributed by atoms with E-state index < -0.39 is 11.5 Å². The van der Waals surface area contributed by atoms with Crippen LogP contribution in [0, 0.1) is 5.41 Å². The number of hydrogen-bond acceptors (Lipinski definition) is 7. The molecule has 0 spiro atoms. The maximum Gasteiger partial charge on any atom is 0.146 e. The zero-order valence-electron chi connectivity index (χ0n) is 16.3. The molecule has 1 N–H and O–H groups in total. The number of rotatable bonds is 12. The van der Waals surface area contributed by atoms with E-state index in [1.165, 1.54) is 0 Å². The maximum absolute atomic E-state index is 10.2. The van der Waals surface area contributed by atoms with Crippen molar-refractivity contribution in [3.05, 3.63) is 42.0 Å². The standard InChI is InChI=1S/C20H30O7/c1-22-14-26-18-5-4-10-20(12-21,19(18)27-15-23-2)13-25-11-16-6-8-17(24-3)9-7-16/h4,6-10,18-19,21H,5,11-15H2,1-3H3/t18-,19+,20+/m1/s1. The summed E-state index contributed by atoms with van der Waals surface area (Å²) in [7, 11) is 4.76. The predicted molar refractivity (Wildman–Crippen MR) is 99.4 cm³/mol. The molecule has 0 unspecified atom stereocenters. The van der Waals surface area contributed by atoms with Crippen LogP contribution in [0.4, 0.5) is 0 Å². The van der Waals surface area contributed by atoms with Gasteiger partial charge in [-0.15, -0.1) is 0 Å². The third-order valence-electron chi connectivity index (χ3n) is 4.58. The highest BCUT2D eigenvalue weighted by Gasteiger charge is 2.45. The van der Waals surface area contributed by atoms with Gasteiger partial charge in [-0.25, -0.2) is 0 Å². The molecule has 152 valence electrons. The zero-order chi connectivity index (χ0) is 19.5. The number of hydrogen-bond donors (Lipinski definition) is 1. The molecule has 3 atom stereocenters. The molecule has 2 rings (SSSR count). The second-order valence-electron chi connectivity index (χ2n) is 6.48. The Balaban J connectivity index is 2.04. The van der Waals surface area contributed by atoms with Gasteiger partial charge in [0.15, 0.2) is 0 Å². The van der Waals surface area contributed by atoms with Crippen molar-refractivity contribution in [3.8, 4) is 5.75 Å². The van der Waals surface area contributed by atoms with E-state index in [1.807, 2.05) is 36.4 Å². The van der Waals surface area contributed by atoms with Gasteiger partial charge >= 0.3 is 0 Å². The zero-order valence-corrected chi connectivity index (χ0v) is 16.3. The molecule has 0 aliphatic heterocycles. The van der Waals surface area contributed by atoms with Gasteiger partial charge in [-0.2, -0.15) is 0 Å². The van der Waals surface area contributed by atoms with Gasteiger partial charge in [-0.05, 0) is 24.1 Å². The molecule has 0 saturated heterocycles. The fourth-order valence-corrected chi connectivity index (χ4v) is 3.15. The Hall–Kier alpha value is -1.48. The van der Waals surface area contributed by atoms with E-state index in [2.05, 4.69) is 0 Å². The van der Waals surface area contributed by atoms with Crippen LogP contribution in [0.1, 0.15) is 12.0 Å². The molecule has 1 aromatic carbocycles. The first-order valence-electron chi connectivity index (χ1n) is 8.89. The van der Waals surface area contributed by atoms with Crippen LogP contribution in [-0.4, -0.2) is 65.4 Å². The first-order valence-corrected chi connectivity index (χ1v) is 8.89. The van der Waals surface area contributed by atoms with Crippen LogP contribution in [0.15, 0.2) is 36.4 Å². The number of ether oxygens (including phenoxy) is 6. The van der Waals surface area contributed by atoms with Crippen molar-refractivity contribution in [2.75, 3.05) is 48.1 Å². The number of aliphatic hydroxyl groups excluding tert-OH is 1. The predicted octanol–water partition coefficient (Wildman–Crippen LogP) is 2.13. The summed E-state index contributed by atoms with van der Waals surface area (Å²) >= 11 is 0. The Kier molecular flexibility index (Phi) is 9.20. The summed E-state index contributed by atoms with van der Waals surface area (Å²) < 4.78 is 32.8. The molecule has 7 heteroatoms. The van der Waals surface area contributed by atoms with Gasteiger partial charge in [0, 0.05) is 14.2 Å². The molecular weight excluding hydrogens is 352 g/mol. The Labute approximate surface area is 160 Å². The minimum atomic E-state index is -0.721. The summed E-state index contributed by atoms with van der Waals surface area (Å²) in [5, 5.41) is 10.2. The minimum absolute atomic E-state index is 0.103. The Bertz CT molecular complexity index is 560. The monoisotopic (exact) mass is 382 g/mol. The van der Waals surface area contributed by atoms with Gasteiger partial charge < -0.3 is 33.5 Å². The summed E-state index contributed by atoms with van der Waals surface area (Å²) in [5.74, 6) is 0.798. The quantitative estimate of drug-likeness (QED) is 0.438. The molecule has 0 aromatic heterocycles. The SMILES string of the molecule is COCO[C@@H]1CC=C[C@](CO)(COCc2ccc(OC)cc2)[C@H]1OCOC. The molecule has 1 aliphatic carbocycles. The topological polar surface area (TPSA) is 75.6 Å². The summed E-state index contributed by atoms with van der Waals surface area (Å²) in [5.41, 5.74) is 0.298. The Morgan fingerprint density at radius 2 is 1.74 bits per heavy atom. The van der Waals surface area contributed by atoms with Gasteiger partial charge in [0.1, 0.15) is 25.4 Å². The number of benzene rings is 1. The molecule has 0 heterocycles. The lowest BCUT2D eigenvalue weighted by Gasteiger charge is -2.42. The lowest BCUT2D eigenvalue weighted by atomic mass is 9.76. The third kappa shape index (κ3) is 6.00. The van der Waals surface area contributed by atoms with Crippen molar-refractivity contribution in [2.45, 2.75) is 25.2 Å². The molecule has 27 heavy (non-hydrogen) atoms. The molecule has 1 aliphatic rings. The summed E-state index contributed by atoms with van der Waals surface area (Å²) in [6.45, 7) is 0.825. The number of methoxy groups -OCH3 is 3. The van der Waals surface area contributed by atoms with E-state index in [0.29, 0.717) is 13.0 Å². The van der Waals surface area contributed by atoms with E-state index in [9.17, 15) is 5.11 Å². The van der Waals surface area contributed by atoms with E-state index in [-0.39, 0.29) is 32.9 Å². The lowest BCUT2D eigenvalue weighted by molar-refractivity contribution is -0.202. The molecule has 0 fully saturated rings. The Morgan fingerprint density at radius 1 is 1.04 bits per heavy atom. The molecule has 7 nitrogen and oxygen atoms in total. The first-order chi connectivity index (χ1) is 13.2. The van der Waals surface area contributed by atoms with Crippen molar-refractivity contribution in [1.82, 2.24) is 0 Å². The van der Waals surface area contributed by atoms with Gasteiger partial charge in [-0.1, -0.05) is 24.3 Å². The van der Waals surface area contributed by atoms with Crippen molar-refractivity contribution in [1.29, 1.82) is 0 Å². The van der Waals surface area contributed by atoms with Crippen LogP contribution in [0.25, 0.3) is 0 Å². The minimum Gasteiger partial charge on any atom is -0.497 e. The van der Waals surface area contributed by atoms with Crippen LogP contribution in [-0.2, 0) is 30.3 Å². The summed E-state index contributed by atoms with van der Waals surface area (Å²) in [4.78, 5) is 0. The average Bonchev–Trinajstić information content (AvgIpc) is 2.71. The van der Waals surface area contributed by atoms with E-state index in [4.69, 9.17) is 28.4 Å². The fourth-order valence-electron chi connectivity index (χ4n) is 3.15. The van der Waals surface area contributed by atoms with Gasteiger partial charge in [0.05, 0.1) is 38.4 Å². The summed E-state index contributed by atoms with van der Waals surface area (Å²) in [6.07, 6.45) is 3.92. The first kappa shape index (κ1) is 21.8. The van der Waals surface area contributed by atoms with Crippen LogP contribution in [0.3, 0.4) is 0 Å². The van der Waals surface area contributed by atoms with Crippen molar-refractivity contribution >= 4 is 0 Å². The smallest absolute Gasteiger partial charge is 0.146 e. The van der Waals surface area contributed by atoms with Crippen LogP contribution >= 0.6 is 0 Å². The molecule has 0 amide bonds. The molecule has 1 aromatic rings. The second-order valence-corrected chi connectivity index (χ2v) is 6.48. The highest BCUT2D eigenvalue weighted by atomic mass is 16.7. The van der Waals surface area contributed by atoms with Crippen LogP contribution in [0.5, 0.6) is 5.75 Å². The van der Waals surface area contributed by atoms with Crippen molar-refractivity contribution < 1.29 is 33.5 Å². The lowest BCUT2D eigenvalue weighted by Crippen LogP contribution is -2.52. The summed E-state index contributed by atoms with van der Waals surface area (Å²) in [6, 6.07) is 7.68. The van der Waals surface area contributed by atoms with Crippen LogP contribution in [0.2, 0.25) is 0 Å². The maximum atomic E-state index is 10.2. The van der Waals surface area contributed by atoms with E-state index in [0.717, 1.165) is 11.3 Å². The average molecular weight is 382 g/mol. The van der Waals surface area contributed by atoms with E-state index in [1.54, 1.807) is 21.3 Å². The van der Waals surface area contributed by atoms with Gasteiger partial charge in [-0.3, -0.25) is 0 Å². The molecule has 0 radical (unpaired) electrons. The normalized spacial score (nSPS) is 24.9. The fraction of sp³-hybridized carbons (Fsp3) is 0.600. The highest BCUT2D eigenvalue weighted by molar-refractivity contribution is 5.26. The molecule has 0 bridgehead atoms. The van der Waals surface area contributed by atoms with Crippen molar-refractivity contribution in [3.63, 3.8) is 0 Å². The molecule has 0 saturated carbocycles. The van der Waals surface area contributed by atoms with Crippen LogP contribution < -0.4 is 4.74 Å². The number of aliphatic hydroxyl groups is 1. The third-order valence-corrected chi connectivity index (χ3v) is 4.58. The highest BCUT2D eigenvalue weighted by Crippen LogP contribution is 2.36. The second kappa shape index (κ2) is 11.4. The molecular formula is C20H30O7. The van der Waals surface area contributed by atoms with Gasteiger partial charge in [0.25, 0.3) is 0 Å². The largest absolute Gasteiger partial charge is 0.497 e. The van der Waals surface area contributed by atoms with Gasteiger partial charge in [0.2, 0.25) is 0 Å².